The Balaban J connectivity index is 1.24. The Bertz CT molecular complexity index is 605. The average Bonchev–Trinajstić information content (AvgIpc) is 2.70. The van der Waals surface area contributed by atoms with E-state index in [0.717, 1.165) is 71.6 Å². The molecule has 3 heterocycles. The summed E-state index contributed by atoms with van der Waals surface area (Å²) in [6.07, 6.45) is 6.84. The van der Waals surface area contributed by atoms with Gasteiger partial charge in [0.25, 0.3) is 0 Å². The molecule has 1 aromatic rings. The third-order valence-electron chi connectivity index (χ3n) is 6.75. The monoisotopic (exact) mass is 371 g/mol. The molecule has 3 fully saturated rings. The number of benzene rings is 1. The van der Waals surface area contributed by atoms with Crippen LogP contribution in [0.15, 0.2) is 30.3 Å². The SMILES string of the molecule is O=C(NC1CCCN(Cc2ccccc2)C1)N1CCC2(CCOCC2)CC1. The zero-order valence-electron chi connectivity index (χ0n) is 16.4. The van der Waals surface area contributed by atoms with Crippen LogP contribution in [0.4, 0.5) is 4.79 Å². The van der Waals surface area contributed by atoms with Crippen molar-refractivity contribution < 1.29 is 9.53 Å². The molecule has 148 valence electrons. The largest absolute Gasteiger partial charge is 0.381 e. The Morgan fingerprint density at radius 2 is 1.81 bits per heavy atom. The summed E-state index contributed by atoms with van der Waals surface area (Å²) in [5.74, 6) is 0. The maximum Gasteiger partial charge on any atom is 0.317 e. The van der Waals surface area contributed by atoms with Gasteiger partial charge in [-0.2, -0.15) is 0 Å². The van der Waals surface area contributed by atoms with E-state index in [0.29, 0.717) is 5.41 Å². The highest BCUT2D eigenvalue weighted by Crippen LogP contribution is 2.40. The minimum Gasteiger partial charge on any atom is -0.381 e. The van der Waals surface area contributed by atoms with Crippen molar-refractivity contribution in [2.24, 2.45) is 5.41 Å². The Kier molecular flexibility index (Phi) is 5.98. The average molecular weight is 372 g/mol. The normalized spacial score (nSPS) is 26.1. The van der Waals surface area contributed by atoms with Crippen molar-refractivity contribution in [2.45, 2.75) is 51.1 Å². The zero-order valence-corrected chi connectivity index (χ0v) is 16.4. The number of urea groups is 1. The van der Waals surface area contributed by atoms with Crippen LogP contribution in [0.2, 0.25) is 0 Å². The fourth-order valence-electron chi connectivity index (χ4n) is 4.91. The summed E-state index contributed by atoms with van der Waals surface area (Å²) in [5, 5.41) is 3.32. The molecule has 3 aliphatic rings. The van der Waals surface area contributed by atoms with Crippen LogP contribution in [0.3, 0.4) is 0 Å². The molecule has 4 rings (SSSR count). The lowest BCUT2D eigenvalue weighted by Gasteiger charge is -2.44. The van der Waals surface area contributed by atoms with Crippen molar-refractivity contribution in [1.29, 1.82) is 0 Å². The van der Waals surface area contributed by atoms with E-state index in [1.165, 1.54) is 18.4 Å². The standard InChI is InChI=1S/C22H33N3O2/c26-21(25-13-8-22(9-14-25)10-15-27-16-11-22)23-20-7-4-12-24(18-20)17-19-5-2-1-3-6-19/h1-3,5-6,20H,4,7-18H2,(H,23,26). The van der Waals surface area contributed by atoms with Crippen LogP contribution in [0, 0.1) is 5.41 Å². The van der Waals surface area contributed by atoms with Gasteiger partial charge >= 0.3 is 6.03 Å². The minimum absolute atomic E-state index is 0.142. The van der Waals surface area contributed by atoms with E-state index in [1.54, 1.807) is 0 Å². The van der Waals surface area contributed by atoms with Crippen LogP contribution in [-0.4, -0.2) is 61.3 Å². The van der Waals surface area contributed by atoms with E-state index in [-0.39, 0.29) is 12.1 Å². The van der Waals surface area contributed by atoms with E-state index in [1.807, 2.05) is 4.90 Å². The van der Waals surface area contributed by atoms with Gasteiger partial charge in [0.1, 0.15) is 0 Å². The maximum absolute atomic E-state index is 12.8. The summed E-state index contributed by atoms with van der Waals surface area (Å²) >= 11 is 0. The predicted octanol–water partition coefficient (Wildman–Crippen LogP) is 3.25. The van der Waals surface area contributed by atoms with Crippen LogP contribution in [0.5, 0.6) is 0 Å². The number of hydrogen-bond donors (Lipinski definition) is 1. The minimum atomic E-state index is 0.142. The van der Waals surface area contributed by atoms with Gasteiger partial charge in [-0.1, -0.05) is 30.3 Å². The molecule has 27 heavy (non-hydrogen) atoms. The summed E-state index contributed by atoms with van der Waals surface area (Å²) in [6.45, 7) is 6.63. The Hall–Kier alpha value is -1.59. The second-order valence-electron chi connectivity index (χ2n) is 8.61. The van der Waals surface area contributed by atoms with E-state index < -0.39 is 0 Å². The quantitative estimate of drug-likeness (QED) is 0.887. The second kappa shape index (κ2) is 8.61. The highest BCUT2D eigenvalue weighted by molar-refractivity contribution is 5.74. The molecule has 2 amide bonds. The van der Waals surface area contributed by atoms with Crippen LogP contribution in [0.1, 0.15) is 44.1 Å². The van der Waals surface area contributed by atoms with Gasteiger partial charge in [0.05, 0.1) is 0 Å². The van der Waals surface area contributed by atoms with Gasteiger partial charge in [-0.15, -0.1) is 0 Å². The predicted molar refractivity (Wildman–Crippen MR) is 107 cm³/mol. The Labute approximate surface area is 163 Å². The first-order valence-corrected chi connectivity index (χ1v) is 10.6. The third-order valence-corrected chi connectivity index (χ3v) is 6.75. The zero-order chi connectivity index (χ0) is 18.5. The number of likely N-dealkylation sites (tertiary alicyclic amines) is 2. The summed E-state index contributed by atoms with van der Waals surface area (Å²) in [5.41, 5.74) is 1.79. The molecule has 5 nitrogen and oxygen atoms in total. The number of rotatable bonds is 3. The Morgan fingerprint density at radius 1 is 1.07 bits per heavy atom. The van der Waals surface area contributed by atoms with E-state index >= 15 is 0 Å². The fraction of sp³-hybridized carbons (Fsp3) is 0.682. The number of piperidine rings is 2. The molecule has 1 unspecified atom stereocenters. The van der Waals surface area contributed by atoms with E-state index in [9.17, 15) is 4.79 Å². The van der Waals surface area contributed by atoms with Gasteiger partial charge < -0.3 is 15.0 Å². The van der Waals surface area contributed by atoms with Crippen LogP contribution < -0.4 is 5.32 Å². The molecular formula is C22H33N3O2. The summed E-state index contributed by atoms with van der Waals surface area (Å²) in [6, 6.07) is 11.0. The highest BCUT2D eigenvalue weighted by Gasteiger charge is 2.37. The van der Waals surface area contributed by atoms with Crippen LogP contribution >= 0.6 is 0 Å². The first-order valence-electron chi connectivity index (χ1n) is 10.6. The fourth-order valence-corrected chi connectivity index (χ4v) is 4.91. The van der Waals surface area contributed by atoms with Crippen molar-refractivity contribution in [3.8, 4) is 0 Å². The van der Waals surface area contributed by atoms with Crippen molar-refractivity contribution in [3.05, 3.63) is 35.9 Å². The molecule has 1 N–H and O–H groups in total. The van der Waals surface area contributed by atoms with Gasteiger partial charge in [0.2, 0.25) is 0 Å². The summed E-state index contributed by atoms with van der Waals surface area (Å²) in [7, 11) is 0. The molecule has 3 aliphatic heterocycles. The van der Waals surface area contributed by atoms with Crippen molar-refractivity contribution in [3.63, 3.8) is 0 Å². The molecule has 1 aromatic carbocycles. The molecule has 1 atom stereocenters. The molecular weight excluding hydrogens is 338 g/mol. The van der Waals surface area contributed by atoms with Gasteiger partial charge in [0.15, 0.2) is 0 Å². The number of nitrogens with zero attached hydrogens (tertiary/aromatic N) is 2. The molecule has 5 heteroatoms. The third kappa shape index (κ3) is 4.82. The van der Waals surface area contributed by atoms with Crippen molar-refractivity contribution in [1.82, 2.24) is 15.1 Å². The number of hydrogen-bond acceptors (Lipinski definition) is 3. The summed E-state index contributed by atoms with van der Waals surface area (Å²) < 4.78 is 5.53. The first-order chi connectivity index (χ1) is 13.2. The lowest BCUT2D eigenvalue weighted by Crippen LogP contribution is -2.54. The van der Waals surface area contributed by atoms with Crippen LogP contribution in [0.25, 0.3) is 0 Å². The van der Waals surface area contributed by atoms with Crippen molar-refractivity contribution >= 4 is 6.03 Å². The second-order valence-corrected chi connectivity index (χ2v) is 8.61. The first kappa shape index (κ1) is 18.8. The van der Waals surface area contributed by atoms with Gasteiger partial charge in [0, 0.05) is 45.4 Å². The summed E-state index contributed by atoms with van der Waals surface area (Å²) in [4.78, 5) is 17.3. The molecule has 0 aliphatic carbocycles. The number of amides is 2. The van der Waals surface area contributed by atoms with E-state index in [4.69, 9.17) is 4.74 Å². The highest BCUT2D eigenvalue weighted by atomic mass is 16.5. The molecule has 0 bridgehead atoms. The lowest BCUT2D eigenvalue weighted by atomic mass is 9.72. The topological polar surface area (TPSA) is 44.8 Å². The molecule has 0 aromatic heterocycles. The van der Waals surface area contributed by atoms with Gasteiger partial charge in [-0.3, -0.25) is 4.90 Å². The smallest absolute Gasteiger partial charge is 0.317 e. The van der Waals surface area contributed by atoms with Crippen LogP contribution in [-0.2, 0) is 11.3 Å². The number of carbonyl (C=O) groups excluding carboxylic acids is 1. The van der Waals surface area contributed by atoms with Gasteiger partial charge in [-0.05, 0) is 56.0 Å². The lowest BCUT2D eigenvalue weighted by molar-refractivity contribution is -0.0147. The number of ether oxygens (including phenoxy) is 1. The maximum atomic E-state index is 12.8. The molecule has 0 saturated carbocycles. The molecule has 3 saturated heterocycles. The van der Waals surface area contributed by atoms with Gasteiger partial charge in [-0.25, -0.2) is 4.79 Å². The molecule has 1 spiro atoms. The molecule has 0 radical (unpaired) electrons. The number of nitrogens with one attached hydrogen (secondary N) is 1. The van der Waals surface area contributed by atoms with E-state index in [2.05, 4.69) is 40.5 Å². The Morgan fingerprint density at radius 3 is 2.56 bits per heavy atom. The van der Waals surface area contributed by atoms with Crippen molar-refractivity contribution in [2.75, 3.05) is 39.4 Å². The number of carbonyl (C=O) groups is 1.